The fourth-order valence-corrected chi connectivity index (χ4v) is 2.27. The Kier molecular flexibility index (Phi) is 3.78. The van der Waals surface area contributed by atoms with Crippen LogP contribution in [0, 0.1) is 0 Å². The summed E-state index contributed by atoms with van der Waals surface area (Å²) >= 11 is 0. The lowest BCUT2D eigenvalue weighted by molar-refractivity contribution is 1.05. The highest BCUT2D eigenvalue weighted by Gasteiger charge is 2.03. The topological polar surface area (TPSA) is 61.0 Å². The summed E-state index contributed by atoms with van der Waals surface area (Å²) in [6.45, 7) is 0.606. The average Bonchev–Trinajstić information content (AvgIpc) is 2.53. The molecule has 22 heavy (non-hydrogen) atoms. The molecule has 0 aliphatic heterocycles. The number of hydrogen-bond acceptors (Lipinski definition) is 4. The fraction of sp³-hybridized carbons (Fsp3) is 0.176. The molecule has 1 heterocycles. The Bertz CT molecular complexity index is 837. The van der Waals surface area contributed by atoms with E-state index in [1.165, 1.54) is 0 Å². The maximum Gasteiger partial charge on any atom is 0.260 e. The first-order valence-electron chi connectivity index (χ1n) is 7.13. The van der Waals surface area contributed by atoms with E-state index in [-0.39, 0.29) is 5.56 Å². The summed E-state index contributed by atoms with van der Waals surface area (Å²) in [6.07, 6.45) is 0. The van der Waals surface area contributed by atoms with Gasteiger partial charge in [0.1, 0.15) is 0 Å². The zero-order chi connectivity index (χ0) is 15.5. The lowest BCUT2D eigenvalue weighted by atomic mass is 10.2. The van der Waals surface area contributed by atoms with Gasteiger partial charge in [0.05, 0.1) is 10.9 Å². The van der Waals surface area contributed by atoms with Crippen molar-refractivity contribution >= 4 is 22.5 Å². The Morgan fingerprint density at radius 1 is 1.09 bits per heavy atom. The number of para-hydroxylation sites is 1. The van der Waals surface area contributed by atoms with E-state index < -0.39 is 0 Å². The molecule has 0 spiro atoms. The van der Waals surface area contributed by atoms with Crippen molar-refractivity contribution in [3.63, 3.8) is 0 Å². The highest BCUT2D eigenvalue weighted by molar-refractivity contribution is 5.78. The first-order valence-corrected chi connectivity index (χ1v) is 7.13. The quantitative estimate of drug-likeness (QED) is 0.776. The average molecular weight is 294 g/mol. The molecule has 2 N–H and O–H groups in total. The Morgan fingerprint density at radius 3 is 2.55 bits per heavy atom. The van der Waals surface area contributed by atoms with Crippen molar-refractivity contribution in [2.45, 2.75) is 6.54 Å². The predicted molar refractivity (Wildman–Crippen MR) is 90.5 cm³/mol. The van der Waals surface area contributed by atoms with Crippen LogP contribution in [0.15, 0.2) is 53.3 Å². The van der Waals surface area contributed by atoms with Crippen LogP contribution in [0.2, 0.25) is 0 Å². The van der Waals surface area contributed by atoms with Crippen LogP contribution in [-0.4, -0.2) is 24.1 Å². The molecule has 0 fully saturated rings. The maximum absolute atomic E-state index is 12.0. The molecule has 0 aliphatic rings. The molecular weight excluding hydrogens is 276 g/mol. The van der Waals surface area contributed by atoms with E-state index in [1.54, 1.807) is 6.07 Å². The van der Waals surface area contributed by atoms with Crippen molar-refractivity contribution in [2.24, 2.45) is 0 Å². The van der Waals surface area contributed by atoms with E-state index in [9.17, 15) is 4.79 Å². The van der Waals surface area contributed by atoms with Crippen LogP contribution < -0.4 is 15.8 Å². The Hall–Kier alpha value is -2.82. The summed E-state index contributed by atoms with van der Waals surface area (Å²) in [5.74, 6) is 0.486. The number of rotatable bonds is 4. The van der Waals surface area contributed by atoms with Crippen LogP contribution in [0.25, 0.3) is 10.9 Å². The van der Waals surface area contributed by atoms with Crippen molar-refractivity contribution in [1.29, 1.82) is 0 Å². The highest BCUT2D eigenvalue weighted by Crippen LogP contribution is 2.13. The number of aromatic amines is 1. The van der Waals surface area contributed by atoms with Gasteiger partial charge in [0.2, 0.25) is 5.95 Å². The van der Waals surface area contributed by atoms with Gasteiger partial charge in [-0.3, -0.25) is 9.78 Å². The molecule has 1 aromatic heterocycles. The van der Waals surface area contributed by atoms with Crippen LogP contribution in [0.5, 0.6) is 0 Å². The molecule has 112 valence electrons. The number of nitrogens with one attached hydrogen (secondary N) is 2. The molecule has 0 aliphatic carbocycles. The molecule has 0 bridgehead atoms. The molecule has 0 unspecified atom stereocenters. The van der Waals surface area contributed by atoms with Crippen LogP contribution in [-0.2, 0) is 6.54 Å². The molecular formula is C17H18N4O. The summed E-state index contributed by atoms with van der Waals surface area (Å²) in [5.41, 5.74) is 2.84. The van der Waals surface area contributed by atoms with Gasteiger partial charge >= 0.3 is 0 Å². The van der Waals surface area contributed by atoms with Crippen LogP contribution in [0.3, 0.4) is 0 Å². The molecule has 3 rings (SSSR count). The van der Waals surface area contributed by atoms with Crippen LogP contribution in [0.4, 0.5) is 11.6 Å². The number of hydrogen-bond donors (Lipinski definition) is 2. The second kappa shape index (κ2) is 5.89. The number of nitrogens with zero attached hydrogens (tertiary/aromatic N) is 2. The van der Waals surface area contributed by atoms with E-state index in [0.29, 0.717) is 23.4 Å². The van der Waals surface area contributed by atoms with Gasteiger partial charge in [-0.05, 0) is 29.8 Å². The fourth-order valence-electron chi connectivity index (χ4n) is 2.27. The predicted octanol–water partition coefficient (Wildman–Crippen LogP) is 2.60. The summed E-state index contributed by atoms with van der Waals surface area (Å²) in [7, 11) is 4.02. The zero-order valence-corrected chi connectivity index (χ0v) is 12.6. The lowest BCUT2D eigenvalue weighted by Crippen LogP contribution is -2.13. The Labute approximate surface area is 128 Å². The minimum Gasteiger partial charge on any atom is -0.378 e. The standard InChI is InChI=1S/C17H18N4O/c1-21(2)13-9-7-12(8-10-13)11-18-17-19-15-6-4-3-5-14(15)16(22)20-17/h3-10H,11H2,1-2H3,(H2,18,19,20,22). The molecule has 5 heteroatoms. The molecule has 0 atom stereocenters. The number of fused-ring (bicyclic) bond motifs is 1. The van der Waals surface area contributed by atoms with Gasteiger partial charge in [-0.1, -0.05) is 24.3 Å². The van der Waals surface area contributed by atoms with Gasteiger partial charge in [0.25, 0.3) is 5.56 Å². The van der Waals surface area contributed by atoms with Gasteiger partial charge in [-0.25, -0.2) is 4.98 Å². The van der Waals surface area contributed by atoms with Gasteiger partial charge in [0.15, 0.2) is 0 Å². The highest BCUT2D eigenvalue weighted by atomic mass is 16.1. The van der Waals surface area contributed by atoms with Gasteiger partial charge in [-0.15, -0.1) is 0 Å². The summed E-state index contributed by atoms with van der Waals surface area (Å²) in [4.78, 5) is 21.2. The molecule has 0 amide bonds. The monoisotopic (exact) mass is 294 g/mol. The summed E-state index contributed by atoms with van der Waals surface area (Å²) < 4.78 is 0. The van der Waals surface area contributed by atoms with E-state index in [1.807, 2.05) is 32.3 Å². The third-order valence-electron chi connectivity index (χ3n) is 3.53. The van der Waals surface area contributed by atoms with E-state index in [2.05, 4.69) is 44.5 Å². The molecule has 0 saturated heterocycles. The lowest BCUT2D eigenvalue weighted by Gasteiger charge is -2.13. The Balaban J connectivity index is 1.77. The molecule has 0 saturated carbocycles. The van der Waals surface area contributed by atoms with Crippen molar-refractivity contribution in [3.05, 3.63) is 64.4 Å². The third kappa shape index (κ3) is 2.93. The Morgan fingerprint density at radius 2 is 1.82 bits per heavy atom. The van der Waals surface area contributed by atoms with Crippen molar-refractivity contribution < 1.29 is 0 Å². The summed E-state index contributed by atoms with van der Waals surface area (Å²) in [6, 6.07) is 15.5. The number of benzene rings is 2. The normalized spacial score (nSPS) is 10.6. The zero-order valence-electron chi connectivity index (χ0n) is 12.6. The van der Waals surface area contributed by atoms with E-state index in [4.69, 9.17) is 0 Å². The van der Waals surface area contributed by atoms with Gasteiger partial charge < -0.3 is 10.2 Å². The number of aromatic nitrogens is 2. The smallest absolute Gasteiger partial charge is 0.260 e. The van der Waals surface area contributed by atoms with Crippen LogP contribution in [0.1, 0.15) is 5.56 Å². The first-order chi connectivity index (χ1) is 10.6. The maximum atomic E-state index is 12.0. The van der Waals surface area contributed by atoms with Crippen molar-refractivity contribution in [2.75, 3.05) is 24.3 Å². The SMILES string of the molecule is CN(C)c1ccc(CNc2nc3ccccc3c(=O)[nH]2)cc1. The first kappa shape index (κ1) is 14.1. The van der Waals surface area contributed by atoms with Gasteiger partial charge in [-0.2, -0.15) is 0 Å². The van der Waals surface area contributed by atoms with Gasteiger partial charge in [0, 0.05) is 26.3 Å². The molecule has 3 aromatic rings. The molecule has 0 radical (unpaired) electrons. The number of H-pyrrole nitrogens is 1. The number of anilines is 2. The third-order valence-corrected chi connectivity index (χ3v) is 3.53. The minimum absolute atomic E-state index is 0.129. The van der Waals surface area contributed by atoms with Crippen LogP contribution >= 0.6 is 0 Å². The minimum atomic E-state index is -0.129. The van der Waals surface area contributed by atoms with Crippen molar-refractivity contribution in [3.8, 4) is 0 Å². The summed E-state index contributed by atoms with van der Waals surface area (Å²) in [5, 5.41) is 3.76. The second-order valence-electron chi connectivity index (χ2n) is 5.35. The second-order valence-corrected chi connectivity index (χ2v) is 5.35. The largest absolute Gasteiger partial charge is 0.378 e. The van der Waals surface area contributed by atoms with Crippen molar-refractivity contribution in [1.82, 2.24) is 9.97 Å². The van der Waals surface area contributed by atoms with E-state index in [0.717, 1.165) is 11.3 Å². The molecule has 2 aromatic carbocycles. The molecule has 5 nitrogen and oxygen atoms in total. The van der Waals surface area contributed by atoms with E-state index >= 15 is 0 Å².